The molecule has 5 heteroatoms. The topological polar surface area (TPSA) is 47.8 Å². The van der Waals surface area contributed by atoms with E-state index in [1.54, 1.807) is 10.9 Å². The van der Waals surface area contributed by atoms with Crippen LogP contribution in [0.5, 0.6) is 0 Å². The van der Waals surface area contributed by atoms with Crippen molar-refractivity contribution in [3.8, 4) is 5.82 Å². The van der Waals surface area contributed by atoms with E-state index < -0.39 is 0 Å². The second-order valence-corrected chi connectivity index (χ2v) is 4.48. The third-order valence-corrected chi connectivity index (χ3v) is 3.09. The van der Waals surface area contributed by atoms with E-state index in [2.05, 4.69) is 26.0 Å². The van der Waals surface area contributed by atoms with Gasteiger partial charge in [0, 0.05) is 12.0 Å². The van der Waals surface area contributed by atoms with E-state index in [0.717, 1.165) is 16.6 Å². The first-order valence-corrected chi connectivity index (χ1v) is 5.78. The summed E-state index contributed by atoms with van der Waals surface area (Å²) in [6.07, 6.45) is 3.13. The van der Waals surface area contributed by atoms with Gasteiger partial charge in [-0.05, 0) is 34.5 Å². The van der Waals surface area contributed by atoms with Crippen LogP contribution in [0.25, 0.3) is 5.82 Å². The lowest BCUT2D eigenvalue weighted by atomic mass is 10.3. The number of ketones is 1. The number of carbonyl (C=O) groups is 1. The van der Waals surface area contributed by atoms with Gasteiger partial charge in [0.15, 0.2) is 11.6 Å². The molecule has 0 fully saturated rings. The molecule has 80 valence electrons. The third kappa shape index (κ3) is 1.39. The minimum Gasteiger partial charge on any atom is -0.292 e. The lowest BCUT2D eigenvalue weighted by Gasteiger charge is -2.03. The van der Waals surface area contributed by atoms with Crippen molar-refractivity contribution >= 4 is 21.7 Å². The van der Waals surface area contributed by atoms with Crippen LogP contribution in [-0.2, 0) is 6.42 Å². The maximum Gasteiger partial charge on any atom is 0.181 e. The molecule has 0 saturated carbocycles. The maximum absolute atomic E-state index is 11.7. The lowest BCUT2D eigenvalue weighted by molar-refractivity contribution is 0.0987. The number of aromatic nitrogens is 3. The molecule has 0 N–H and O–H groups in total. The van der Waals surface area contributed by atoms with Gasteiger partial charge in [-0.15, -0.1) is 0 Å². The van der Waals surface area contributed by atoms with Gasteiger partial charge in [0.25, 0.3) is 0 Å². The molecule has 2 aromatic heterocycles. The number of aryl methyl sites for hydroxylation is 1. The van der Waals surface area contributed by atoms with Crippen LogP contribution in [0.4, 0.5) is 0 Å². The highest BCUT2D eigenvalue weighted by molar-refractivity contribution is 9.10. The summed E-state index contributed by atoms with van der Waals surface area (Å²) in [5.41, 5.74) is 1.71. The summed E-state index contributed by atoms with van der Waals surface area (Å²) in [6, 6.07) is 5.55. The molecule has 0 aliphatic heterocycles. The van der Waals surface area contributed by atoms with Crippen LogP contribution in [0, 0.1) is 0 Å². The van der Waals surface area contributed by atoms with Crippen molar-refractivity contribution in [2.45, 2.75) is 12.8 Å². The number of fused-ring (bicyclic) bond motifs is 1. The molecule has 4 nitrogen and oxygen atoms in total. The zero-order valence-corrected chi connectivity index (χ0v) is 9.94. The minimum atomic E-state index is 0.147. The molecule has 1 aliphatic carbocycles. The Kier molecular flexibility index (Phi) is 2.14. The predicted molar refractivity (Wildman–Crippen MR) is 61.7 cm³/mol. The highest BCUT2D eigenvalue weighted by Gasteiger charge is 2.25. The summed E-state index contributed by atoms with van der Waals surface area (Å²) in [4.78, 5) is 16.0. The van der Waals surface area contributed by atoms with Gasteiger partial charge in [0.2, 0.25) is 0 Å². The van der Waals surface area contributed by atoms with Gasteiger partial charge in [0.05, 0.1) is 6.20 Å². The Morgan fingerprint density at radius 3 is 3.00 bits per heavy atom. The van der Waals surface area contributed by atoms with Crippen LogP contribution in [0.3, 0.4) is 0 Å². The van der Waals surface area contributed by atoms with Gasteiger partial charge in [-0.1, -0.05) is 6.07 Å². The Labute approximate surface area is 100 Å². The number of pyridine rings is 1. The molecule has 0 spiro atoms. The van der Waals surface area contributed by atoms with Gasteiger partial charge >= 0.3 is 0 Å². The van der Waals surface area contributed by atoms with Crippen molar-refractivity contribution in [1.82, 2.24) is 14.8 Å². The van der Waals surface area contributed by atoms with E-state index >= 15 is 0 Å². The summed E-state index contributed by atoms with van der Waals surface area (Å²) in [5, 5.41) is 4.21. The number of rotatable bonds is 1. The van der Waals surface area contributed by atoms with E-state index in [1.165, 1.54) is 0 Å². The molecule has 16 heavy (non-hydrogen) atoms. The van der Waals surface area contributed by atoms with E-state index in [9.17, 15) is 4.79 Å². The fraction of sp³-hybridized carbons (Fsp3) is 0.182. The van der Waals surface area contributed by atoms with Crippen molar-refractivity contribution in [3.63, 3.8) is 0 Å². The Morgan fingerprint density at radius 2 is 2.19 bits per heavy atom. The van der Waals surface area contributed by atoms with Crippen molar-refractivity contribution in [1.29, 1.82) is 0 Å². The molecule has 0 atom stereocenters. The van der Waals surface area contributed by atoms with E-state index in [4.69, 9.17) is 0 Å². The van der Waals surface area contributed by atoms with Gasteiger partial charge < -0.3 is 0 Å². The van der Waals surface area contributed by atoms with Crippen molar-refractivity contribution in [3.05, 3.63) is 40.3 Å². The Morgan fingerprint density at radius 1 is 1.31 bits per heavy atom. The zero-order chi connectivity index (χ0) is 11.1. The van der Waals surface area contributed by atoms with E-state index in [0.29, 0.717) is 17.9 Å². The van der Waals surface area contributed by atoms with Crippen LogP contribution in [-0.4, -0.2) is 20.5 Å². The van der Waals surface area contributed by atoms with Gasteiger partial charge in [0.1, 0.15) is 10.3 Å². The molecule has 0 bridgehead atoms. The smallest absolute Gasteiger partial charge is 0.181 e. The number of hydrogen-bond donors (Lipinski definition) is 0. The van der Waals surface area contributed by atoms with Crippen LogP contribution in [0.15, 0.2) is 29.0 Å². The van der Waals surface area contributed by atoms with Crippen molar-refractivity contribution in [2.75, 3.05) is 0 Å². The second-order valence-electron chi connectivity index (χ2n) is 3.67. The molecule has 0 radical (unpaired) electrons. The summed E-state index contributed by atoms with van der Waals surface area (Å²) < 4.78 is 2.36. The average molecular weight is 278 g/mol. The normalized spacial score (nSPS) is 14.2. The van der Waals surface area contributed by atoms with Gasteiger partial charge in [-0.2, -0.15) is 5.10 Å². The van der Waals surface area contributed by atoms with Crippen LogP contribution in [0.2, 0.25) is 0 Å². The molecular weight excluding hydrogens is 270 g/mol. The monoisotopic (exact) mass is 277 g/mol. The number of nitrogens with zero attached hydrogens (tertiary/aromatic N) is 3. The summed E-state index contributed by atoms with van der Waals surface area (Å²) in [5.74, 6) is 0.820. The quantitative estimate of drug-likeness (QED) is 0.751. The fourth-order valence-corrected chi connectivity index (χ4v) is 2.25. The third-order valence-electron chi connectivity index (χ3n) is 2.65. The Balaban J connectivity index is 2.18. The standard InChI is InChI=1S/C11H8BrN3O/c12-9-2-1-3-10(14-9)15-11-7(6-13-15)4-5-8(11)16/h1-3,6H,4-5H2. The van der Waals surface area contributed by atoms with Crippen molar-refractivity contribution in [2.24, 2.45) is 0 Å². The Bertz CT molecular complexity index is 576. The number of carbonyl (C=O) groups excluding carboxylic acids is 1. The highest BCUT2D eigenvalue weighted by Crippen LogP contribution is 2.23. The van der Waals surface area contributed by atoms with E-state index in [1.807, 2.05) is 18.2 Å². The number of Topliss-reactive ketones (excluding diaryl/α,β-unsaturated/α-hetero) is 1. The van der Waals surface area contributed by atoms with Crippen LogP contribution < -0.4 is 0 Å². The molecule has 3 rings (SSSR count). The average Bonchev–Trinajstić information content (AvgIpc) is 2.82. The second kappa shape index (κ2) is 3.52. The molecule has 0 saturated heterocycles. The molecule has 1 aliphatic rings. The van der Waals surface area contributed by atoms with Gasteiger partial charge in [-0.25, -0.2) is 9.67 Å². The summed E-state index contributed by atoms with van der Waals surface area (Å²) in [6.45, 7) is 0. The molecule has 0 aromatic carbocycles. The predicted octanol–water partition coefficient (Wildman–Crippen LogP) is 2.16. The van der Waals surface area contributed by atoms with Crippen molar-refractivity contribution < 1.29 is 4.79 Å². The minimum absolute atomic E-state index is 0.147. The largest absolute Gasteiger partial charge is 0.292 e. The van der Waals surface area contributed by atoms with Gasteiger partial charge in [-0.3, -0.25) is 4.79 Å². The Hall–Kier alpha value is -1.49. The first-order valence-electron chi connectivity index (χ1n) is 4.99. The highest BCUT2D eigenvalue weighted by atomic mass is 79.9. The number of hydrogen-bond acceptors (Lipinski definition) is 3. The van der Waals surface area contributed by atoms with E-state index in [-0.39, 0.29) is 5.78 Å². The molecule has 0 amide bonds. The fourth-order valence-electron chi connectivity index (χ4n) is 1.92. The van der Waals surface area contributed by atoms with Crippen LogP contribution in [0.1, 0.15) is 22.5 Å². The SMILES string of the molecule is O=C1CCc2cnn(-c3cccc(Br)n3)c21. The molecule has 2 heterocycles. The molecule has 2 aromatic rings. The first kappa shape index (κ1) is 9.72. The first-order chi connectivity index (χ1) is 7.75. The van der Waals surface area contributed by atoms with Crippen LogP contribution >= 0.6 is 15.9 Å². The molecule has 0 unspecified atom stereocenters. The lowest BCUT2D eigenvalue weighted by Crippen LogP contribution is -2.07. The molecular formula is C11H8BrN3O. The summed E-state index contributed by atoms with van der Waals surface area (Å²) >= 11 is 3.31. The number of halogens is 1. The zero-order valence-electron chi connectivity index (χ0n) is 8.35. The summed E-state index contributed by atoms with van der Waals surface area (Å²) in [7, 11) is 0. The maximum atomic E-state index is 11.7.